The zero-order chi connectivity index (χ0) is 23.5. The van der Waals surface area contributed by atoms with E-state index in [0.29, 0.717) is 53.2 Å². The second kappa shape index (κ2) is 9.37. The lowest BCUT2D eigenvalue weighted by Gasteiger charge is -2.18. The van der Waals surface area contributed by atoms with Crippen LogP contribution in [0.15, 0.2) is 41.2 Å². The summed E-state index contributed by atoms with van der Waals surface area (Å²) in [4.78, 5) is 38.1. The van der Waals surface area contributed by atoms with E-state index in [1.54, 1.807) is 43.3 Å². The number of nitrogens with one attached hydrogen (secondary N) is 1. The molecule has 0 aliphatic carbocycles. The lowest BCUT2D eigenvalue weighted by atomic mass is 10.1. The van der Waals surface area contributed by atoms with Gasteiger partial charge in [-0.1, -0.05) is 11.3 Å². The SMILES string of the molecule is COc1ccc(NC(=O)c2sc(=O)n(CC(=O)c3ccc4c(c3)OCCO4)c2C)cc1OC. The second-order valence-electron chi connectivity index (χ2n) is 7.17. The van der Waals surface area contributed by atoms with Crippen molar-refractivity contribution in [3.05, 3.63) is 62.2 Å². The van der Waals surface area contributed by atoms with Crippen LogP contribution in [0.3, 0.4) is 0 Å². The number of fused-ring (bicyclic) bond motifs is 1. The van der Waals surface area contributed by atoms with Crippen molar-refractivity contribution in [1.82, 2.24) is 4.57 Å². The highest BCUT2D eigenvalue weighted by Gasteiger charge is 2.21. The number of hydrogen-bond acceptors (Lipinski definition) is 8. The van der Waals surface area contributed by atoms with Gasteiger partial charge in [-0.15, -0.1) is 0 Å². The minimum atomic E-state index is -0.452. The maximum absolute atomic E-state index is 12.8. The molecule has 0 spiro atoms. The normalized spacial score (nSPS) is 12.2. The fraction of sp³-hybridized carbons (Fsp3) is 0.261. The predicted molar refractivity (Wildman–Crippen MR) is 123 cm³/mol. The van der Waals surface area contributed by atoms with Gasteiger partial charge in [0.15, 0.2) is 28.8 Å². The molecule has 3 aromatic rings. The lowest BCUT2D eigenvalue weighted by Crippen LogP contribution is -2.21. The van der Waals surface area contributed by atoms with Gasteiger partial charge in [-0.2, -0.15) is 0 Å². The molecule has 2 heterocycles. The van der Waals surface area contributed by atoms with Crippen LogP contribution in [0.1, 0.15) is 25.7 Å². The first-order valence-corrected chi connectivity index (χ1v) is 10.9. The number of ketones is 1. The molecular weight excluding hydrogens is 448 g/mol. The molecule has 9 nitrogen and oxygen atoms in total. The Hall–Kier alpha value is -3.79. The van der Waals surface area contributed by atoms with E-state index in [2.05, 4.69) is 5.32 Å². The largest absolute Gasteiger partial charge is 0.493 e. The van der Waals surface area contributed by atoms with Crippen molar-refractivity contribution in [3.8, 4) is 23.0 Å². The first-order valence-electron chi connectivity index (χ1n) is 10.1. The lowest BCUT2D eigenvalue weighted by molar-refractivity contribution is 0.0966. The predicted octanol–water partition coefficient (Wildman–Crippen LogP) is 3.14. The second-order valence-corrected chi connectivity index (χ2v) is 8.14. The quantitative estimate of drug-likeness (QED) is 0.529. The maximum Gasteiger partial charge on any atom is 0.308 e. The Balaban J connectivity index is 1.52. The highest BCUT2D eigenvalue weighted by Crippen LogP contribution is 2.32. The van der Waals surface area contributed by atoms with Crippen LogP contribution in [-0.2, 0) is 6.54 Å². The summed E-state index contributed by atoms with van der Waals surface area (Å²) in [6.07, 6.45) is 0. The Morgan fingerprint density at radius 3 is 2.48 bits per heavy atom. The van der Waals surface area contributed by atoms with Crippen LogP contribution in [0.5, 0.6) is 23.0 Å². The number of benzene rings is 2. The van der Waals surface area contributed by atoms with Gasteiger partial charge < -0.3 is 24.3 Å². The van der Waals surface area contributed by atoms with Gasteiger partial charge in [-0.05, 0) is 37.3 Å². The Kier molecular flexibility index (Phi) is 6.36. The average Bonchev–Trinajstić information content (AvgIpc) is 3.12. The summed E-state index contributed by atoms with van der Waals surface area (Å²) in [5.41, 5.74) is 1.29. The number of carbonyl (C=O) groups is 2. The summed E-state index contributed by atoms with van der Waals surface area (Å²) in [6.45, 7) is 2.31. The molecule has 1 N–H and O–H groups in total. The third kappa shape index (κ3) is 4.56. The first-order chi connectivity index (χ1) is 15.9. The van der Waals surface area contributed by atoms with Crippen LogP contribution in [0.2, 0.25) is 0 Å². The van der Waals surface area contributed by atoms with E-state index in [1.165, 1.54) is 18.8 Å². The number of Topliss-reactive ketones (excluding diaryl/α,β-unsaturated/α-hetero) is 1. The molecule has 1 amide bonds. The van der Waals surface area contributed by atoms with Crippen LogP contribution >= 0.6 is 11.3 Å². The average molecular weight is 471 g/mol. The number of anilines is 1. The number of rotatable bonds is 7. The van der Waals surface area contributed by atoms with Gasteiger partial charge in [0.25, 0.3) is 5.91 Å². The topological polar surface area (TPSA) is 105 Å². The molecule has 1 aliphatic rings. The smallest absolute Gasteiger partial charge is 0.308 e. The number of ether oxygens (including phenoxy) is 4. The molecule has 172 valence electrons. The summed E-state index contributed by atoms with van der Waals surface area (Å²) in [5.74, 6) is 1.34. The maximum atomic E-state index is 12.8. The molecule has 0 atom stereocenters. The van der Waals surface area contributed by atoms with E-state index >= 15 is 0 Å². The molecule has 0 fully saturated rings. The zero-order valence-electron chi connectivity index (χ0n) is 18.3. The van der Waals surface area contributed by atoms with Gasteiger partial charge >= 0.3 is 4.87 Å². The minimum absolute atomic E-state index is 0.190. The molecular formula is C23H22N2O7S. The molecule has 0 bridgehead atoms. The number of amides is 1. The van der Waals surface area contributed by atoms with Gasteiger partial charge in [-0.3, -0.25) is 19.0 Å². The van der Waals surface area contributed by atoms with Crippen LogP contribution in [0.25, 0.3) is 0 Å². The van der Waals surface area contributed by atoms with Gasteiger partial charge in [0.2, 0.25) is 0 Å². The highest BCUT2D eigenvalue weighted by molar-refractivity contribution is 7.11. The molecule has 4 rings (SSSR count). The molecule has 0 radical (unpaired) electrons. The number of hydrogen-bond donors (Lipinski definition) is 1. The summed E-state index contributed by atoms with van der Waals surface area (Å²) < 4.78 is 22.7. The third-order valence-corrected chi connectivity index (χ3v) is 6.24. The van der Waals surface area contributed by atoms with E-state index in [-0.39, 0.29) is 17.2 Å². The van der Waals surface area contributed by atoms with Crippen molar-refractivity contribution in [3.63, 3.8) is 0 Å². The van der Waals surface area contributed by atoms with Crippen LogP contribution in [0, 0.1) is 6.92 Å². The van der Waals surface area contributed by atoms with Crippen molar-refractivity contribution in [2.75, 3.05) is 32.8 Å². The number of nitrogens with zero attached hydrogens (tertiary/aromatic N) is 1. The fourth-order valence-electron chi connectivity index (χ4n) is 3.42. The summed E-state index contributed by atoms with van der Waals surface area (Å²) in [7, 11) is 3.02. The van der Waals surface area contributed by atoms with Crippen LogP contribution in [-0.4, -0.2) is 43.7 Å². The fourth-order valence-corrected chi connectivity index (χ4v) is 4.31. The summed E-state index contributed by atoms with van der Waals surface area (Å²) >= 11 is 0.788. The Morgan fingerprint density at radius 2 is 1.76 bits per heavy atom. The van der Waals surface area contributed by atoms with Gasteiger partial charge in [0.05, 0.1) is 20.8 Å². The molecule has 0 unspecified atom stereocenters. The Labute approximate surface area is 193 Å². The minimum Gasteiger partial charge on any atom is -0.493 e. The molecule has 10 heteroatoms. The van der Waals surface area contributed by atoms with Gasteiger partial charge in [0.1, 0.15) is 18.1 Å². The molecule has 0 saturated heterocycles. The number of carbonyl (C=O) groups excluding carboxylic acids is 2. The zero-order valence-corrected chi connectivity index (χ0v) is 19.1. The standard InChI is InChI=1S/C23H22N2O7S/c1-13-21(22(27)24-15-5-7-17(29-2)19(11-15)30-3)33-23(28)25(13)12-16(26)14-4-6-18-20(10-14)32-9-8-31-18/h4-7,10-11H,8-9,12H2,1-3H3,(H,24,27). The number of aromatic nitrogens is 1. The van der Waals surface area contributed by atoms with E-state index in [1.807, 2.05) is 0 Å². The molecule has 1 aliphatic heterocycles. The van der Waals surface area contributed by atoms with Gasteiger partial charge in [-0.25, -0.2) is 0 Å². The van der Waals surface area contributed by atoms with Crippen molar-refractivity contribution < 1.29 is 28.5 Å². The van der Waals surface area contributed by atoms with Crippen molar-refractivity contribution in [1.29, 1.82) is 0 Å². The Morgan fingerprint density at radius 1 is 1.03 bits per heavy atom. The van der Waals surface area contributed by atoms with E-state index < -0.39 is 10.8 Å². The van der Waals surface area contributed by atoms with E-state index in [0.717, 1.165) is 11.3 Å². The monoisotopic (exact) mass is 470 g/mol. The third-order valence-electron chi connectivity index (χ3n) is 5.16. The van der Waals surface area contributed by atoms with Crippen molar-refractivity contribution >= 4 is 28.7 Å². The van der Waals surface area contributed by atoms with Crippen LogP contribution < -0.4 is 29.1 Å². The Bertz CT molecular complexity index is 1280. The highest BCUT2D eigenvalue weighted by atomic mass is 32.1. The van der Waals surface area contributed by atoms with Crippen LogP contribution in [0.4, 0.5) is 5.69 Å². The van der Waals surface area contributed by atoms with E-state index in [4.69, 9.17) is 18.9 Å². The molecule has 2 aromatic carbocycles. The number of methoxy groups -OCH3 is 2. The van der Waals surface area contributed by atoms with Crippen molar-refractivity contribution in [2.45, 2.75) is 13.5 Å². The number of thiazole rings is 1. The molecule has 1 aromatic heterocycles. The van der Waals surface area contributed by atoms with E-state index in [9.17, 15) is 14.4 Å². The molecule has 0 saturated carbocycles. The first kappa shape index (κ1) is 22.4. The summed E-state index contributed by atoms with van der Waals surface area (Å²) in [5, 5.41) is 2.75. The van der Waals surface area contributed by atoms with Gasteiger partial charge in [0, 0.05) is 23.0 Å². The summed E-state index contributed by atoms with van der Waals surface area (Å²) in [6, 6.07) is 9.87. The van der Waals surface area contributed by atoms with Crippen molar-refractivity contribution in [2.24, 2.45) is 0 Å². The molecule has 33 heavy (non-hydrogen) atoms.